The molecule has 110 valence electrons. The minimum absolute atomic E-state index is 0.122. The Kier molecular flexibility index (Phi) is 4.61. The minimum atomic E-state index is -0.585. The van der Waals surface area contributed by atoms with Gasteiger partial charge in [0.25, 0.3) is 0 Å². The molecule has 0 saturated heterocycles. The highest BCUT2D eigenvalue weighted by molar-refractivity contribution is 5.97. The van der Waals surface area contributed by atoms with Crippen molar-refractivity contribution >= 4 is 5.78 Å². The molecule has 0 amide bonds. The summed E-state index contributed by atoms with van der Waals surface area (Å²) in [5.74, 6) is 0.122. The summed E-state index contributed by atoms with van der Waals surface area (Å²) < 4.78 is 0. The number of aliphatic hydroxyl groups is 1. The largest absolute Gasteiger partial charge is 0.389 e. The van der Waals surface area contributed by atoms with Gasteiger partial charge in [-0.05, 0) is 50.9 Å². The number of Topliss-reactive ketones (excluding diaryl/α,β-unsaturated/α-hetero) is 1. The van der Waals surface area contributed by atoms with Gasteiger partial charge in [-0.1, -0.05) is 25.0 Å². The molecule has 0 unspecified atom stereocenters. The fourth-order valence-corrected chi connectivity index (χ4v) is 3.00. The standard InChI is InChI=1S/C17H25NO2/c1-13-6-7-15(10-14(13)2)16(19)11-18(3)12-17(20)8-4-5-9-17/h6-7,10,20H,4-5,8-9,11-12H2,1-3H3. The van der Waals surface area contributed by atoms with E-state index in [2.05, 4.69) is 0 Å². The molecule has 1 aromatic carbocycles. The quantitative estimate of drug-likeness (QED) is 0.840. The van der Waals surface area contributed by atoms with Crippen molar-refractivity contribution in [1.29, 1.82) is 0 Å². The van der Waals surface area contributed by atoms with Crippen LogP contribution in [0.15, 0.2) is 18.2 Å². The van der Waals surface area contributed by atoms with Gasteiger partial charge in [0.05, 0.1) is 12.1 Å². The molecule has 1 aliphatic rings. The van der Waals surface area contributed by atoms with Crippen molar-refractivity contribution in [2.75, 3.05) is 20.1 Å². The Bertz CT molecular complexity index is 490. The van der Waals surface area contributed by atoms with Gasteiger partial charge < -0.3 is 5.11 Å². The average Bonchev–Trinajstić information content (AvgIpc) is 2.78. The Labute approximate surface area is 121 Å². The molecule has 1 aliphatic carbocycles. The second-order valence-electron chi connectivity index (χ2n) is 6.33. The molecule has 20 heavy (non-hydrogen) atoms. The zero-order chi connectivity index (χ0) is 14.8. The Hall–Kier alpha value is -1.19. The van der Waals surface area contributed by atoms with Crippen molar-refractivity contribution in [2.45, 2.75) is 45.1 Å². The number of ketones is 1. The molecule has 0 heterocycles. The van der Waals surface area contributed by atoms with Crippen LogP contribution in [0.5, 0.6) is 0 Å². The van der Waals surface area contributed by atoms with Crippen LogP contribution in [0, 0.1) is 13.8 Å². The van der Waals surface area contributed by atoms with E-state index >= 15 is 0 Å². The average molecular weight is 275 g/mol. The molecule has 0 spiro atoms. The number of likely N-dealkylation sites (N-methyl/N-ethyl adjacent to an activating group) is 1. The fourth-order valence-electron chi connectivity index (χ4n) is 3.00. The molecule has 1 fully saturated rings. The van der Waals surface area contributed by atoms with Gasteiger partial charge in [0.15, 0.2) is 5.78 Å². The predicted octanol–water partition coefficient (Wildman–Crippen LogP) is 2.72. The molecule has 0 aliphatic heterocycles. The van der Waals surface area contributed by atoms with E-state index in [-0.39, 0.29) is 5.78 Å². The third-order valence-corrected chi connectivity index (χ3v) is 4.34. The normalized spacial score (nSPS) is 17.6. The Morgan fingerprint density at radius 1 is 1.25 bits per heavy atom. The van der Waals surface area contributed by atoms with Crippen LogP contribution in [-0.4, -0.2) is 41.5 Å². The molecule has 0 radical (unpaired) electrons. The van der Waals surface area contributed by atoms with Crippen LogP contribution in [0.2, 0.25) is 0 Å². The Balaban J connectivity index is 1.94. The second kappa shape index (κ2) is 6.06. The molecular weight excluding hydrogens is 250 g/mol. The lowest BCUT2D eigenvalue weighted by atomic mass is 10.0. The summed E-state index contributed by atoms with van der Waals surface area (Å²) in [5, 5.41) is 10.4. The molecule has 3 heteroatoms. The first-order valence-electron chi connectivity index (χ1n) is 7.41. The lowest BCUT2D eigenvalue weighted by molar-refractivity contribution is 0.0172. The van der Waals surface area contributed by atoms with Crippen LogP contribution in [0.25, 0.3) is 0 Å². The van der Waals surface area contributed by atoms with Crippen molar-refractivity contribution < 1.29 is 9.90 Å². The van der Waals surface area contributed by atoms with Gasteiger partial charge >= 0.3 is 0 Å². The molecule has 0 bridgehead atoms. The first-order chi connectivity index (χ1) is 9.39. The highest BCUT2D eigenvalue weighted by Crippen LogP contribution is 2.29. The molecule has 1 saturated carbocycles. The van der Waals surface area contributed by atoms with Gasteiger partial charge in [0.2, 0.25) is 0 Å². The Morgan fingerprint density at radius 3 is 2.50 bits per heavy atom. The zero-order valence-electron chi connectivity index (χ0n) is 12.8. The number of rotatable bonds is 5. The molecule has 0 aromatic heterocycles. The molecule has 1 N–H and O–H groups in total. The summed E-state index contributed by atoms with van der Waals surface area (Å²) in [5.41, 5.74) is 2.53. The van der Waals surface area contributed by atoms with Crippen molar-refractivity contribution in [3.8, 4) is 0 Å². The summed E-state index contributed by atoms with van der Waals surface area (Å²) in [4.78, 5) is 14.2. The van der Waals surface area contributed by atoms with E-state index in [1.165, 1.54) is 5.56 Å². The lowest BCUT2D eigenvalue weighted by Gasteiger charge is -2.28. The summed E-state index contributed by atoms with van der Waals surface area (Å²) in [6, 6.07) is 5.84. The third-order valence-electron chi connectivity index (χ3n) is 4.34. The van der Waals surface area contributed by atoms with Gasteiger partial charge in [0.1, 0.15) is 0 Å². The van der Waals surface area contributed by atoms with Crippen molar-refractivity contribution in [3.63, 3.8) is 0 Å². The predicted molar refractivity (Wildman–Crippen MR) is 81.2 cm³/mol. The van der Waals surface area contributed by atoms with Crippen LogP contribution in [-0.2, 0) is 0 Å². The second-order valence-corrected chi connectivity index (χ2v) is 6.33. The molecule has 2 rings (SSSR count). The van der Waals surface area contributed by atoms with Gasteiger partial charge in [-0.25, -0.2) is 0 Å². The van der Waals surface area contributed by atoms with Crippen LogP contribution in [0.3, 0.4) is 0 Å². The van der Waals surface area contributed by atoms with E-state index in [9.17, 15) is 9.90 Å². The minimum Gasteiger partial charge on any atom is -0.389 e. The number of carbonyl (C=O) groups excluding carboxylic acids is 1. The van der Waals surface area contributed by atoms with Gasteiger partial charge in [-0.3, -0.25) is 9.69 Å². The first-order valence-corrected chi connectivity index (χ1v) is 7.41. The molecule has 3 nitrogen and oxygen atoms in total. The SMILES string of the molecule is Cc1ccc(C(=O)CN(C)CC2(O)CCCC2)cc1C. The number of carbonyl (C=O) groups is 1. The monoisotopic (exact) mass is 275 g/mol. The van der Waals surface area contributed by atoms with Crippen LogP contribution >= 0.6 is 0 Å². The number of nitrogens with zero attached hydrogens (tertiary/aromatic N) is 1. The van der Waals surface area contributed by atoms with E-state index < -0.39 is 5.60 Å². The van der Waals surface area contributed by atoms with E-state index in [0.717, 1.165) is 36.8 Å². The smallest absolute Gasteiger partial charge is 0.176 e. The zero-order valence-corrected chi connectivity index (χ0v) is 12.8. The topological polar surface area (TPSA) is 40.5 Å². The van der Waals surface area contributed by atoms with Gasteiger partial charge in [-0.2, -0.15) is 0 Å². The molecule has 0 atom stereocenters. The van der Waals surface area contributed by atoms with Gasteiger partial charge in [-0.15, -0.1) is 0 Å². The summed E-state index contributed by atoms with van der Waals surface area (Å²) in [6.45, 7) is 5.02. The maximum Gasteiger partial charge on any atom is 0.176 e. The maximum absolute atomic E-state index is 12.3. The van der Waals surface area contributed by atoms with Crippen molar-refractivity contribution in [3.05, 3.63) is 34.9 Å². The van der Waals surface area contributed by atoms with E-state index in [1.807, 2.05) is 44.0 Å². The molecule has 1 aromatic rings. The van der Waals surface area contributed by atoms with Gasteiger partial charge in [0, 0.05) is 12.1 Å². The van der Waals surface area contributed by atoms with E-state index in [0.29, 0.717) is 13.1 Å². The van der Waals surface area contributed by atoms with Crippen LogP contribution < -0.4 is 0 Å². The van der Waals surface area contributed by atoms with E-state index in [4.69, 9.17) is 0 Å². The third kappa shape index (κ3) is 3.68. The van der Waals surface area contributed by atoms with Crippen LogP contribution in [0.1, 0.15) is 47.2 Å². The number of hydrogen-bond donors (Lipinski definition) is 1. The summed E-state index contributed by atoms with van der Waals surface area (Å²) in [6.07, 6.45) is 3.90. The first kappa shape index (κ1) is 15.2. The van der Waals surface area contributed by atoms with E-state index in [1.54, 1.807) is 0 Å². The van der Waals surface area contributed by atoms with Crippen LogP contribution in [0.4, 0.5) is 0 Å². The number of hydrogen-bond acceptors (Lipinski definition) is 3. The number of aryl methyl sites for hydroxylation is 2. The summed E-state index contributed by atoms with van der Waals surface area (Å²) >= 11 is 0. The highest BCUT2D eigenvalue weighted by Gasteiger charge is 2.32. The lowest BCUT2D eigenvalue weighted by Crippen LogP contribution is -2.41. The van der Waals surface area contributed by atoms with Crippen molar-refractivity contribution in [1.82, 2.24) is 4.90 Å². The molecular formula is C17H25NO2. The fraction of sp³-hybridized carbons (Fsp3) is 0.588. The maximum atomic E-state index is 12.3. The van der Waals surface area contributed by atoms with Crippen molar-refractivity contribution in [2.24, 2.45) is 0 Å². The highest BCUT2D eigenvalue weighted by atomic mass is 16.3. The summed E-state index contributed by atoms with van der Waals surface area (Å²) in [7, 11) is 1.91. The Morgan fingerprint density at radius 2 is 1.90 bits per heavy atom. The number of benzene rings is 1.